The number of rotatable bonds is 4. The van der Waals surface area contributed by atoms with Crippen LogP contribution in [0.25, 0.3) is 0 Å². The molecule has 0 unspecified atom stereocenters. The van der Waals surface area contributed by atoms with Gasteiger partial charge in [-0.05, 0) is 0 Å². The number of carbonyl (C=O) groups is 1. The third kappa shape index (κ3) is 1.90. The van der Waals surface area contributed by atoms with Gasteiger partial charge < -0.3 is 14.9 Å². The van der Waals surface area contributed by atoms with Crippen molar-refractivity contribution in [3.05, 3.63) is 11.7 Å². The molecule has 0 bridgehead atoms. The first-order valence-electron chi connectivity index (χ1n) is 4.50. The van der Waals surface area contributed by atoms with Gasteiger partial charge >= 0.3 is 5.97 Å². The highest BCUT2D eigenvalue weighted by molar-refractivity contribution is 5.66. The lowest BCUT2D eigenvalue weighted by Crippen LogP contribution is -2.40. The number of aryl methyl sites for hydroxylation is 1. The van der Waals surface area contributed by atoms with Gasteiger partial charge in [-0.2, -0.15) is 4.98 Å². The van der Waals surface area contributed by atoms with E-state index < -0.39 is 5.97 Å². The molecule has 6 heteroatoms. The molecule has 1 aliphatic heterocycles. The summed E-state index contributed by atoms with van der Waals surface area (Å²) >= 11 is 0. The first kappa shape index (κ1) is 9.14. The van der Waals surface area contributed by atoms with Crippen molar-refractivity contribution in [2.75, 3.05) is 13.1 Å². The van der Waals surface area contributed by atoms with Crippen LogP contribution in [0, 0.1) is 0 Å². The summed E-state index contributed by atoms with van der Waals surface area (Å²) in [6.07, 6.45) is 0.340. The minimum absolute atomic E-state index is 0.0323. The molecule has 1 fully saturated rings. The van der Waals surface area contributed by atoms with Crippen molar-refractivity contribution in [3.63, 3.8) is 0 Å². The number of carboxylic acids is 1. The van der Waals surface area contributed by atoms with Crippen molar-refractivity contribution in [1.82, 2.24) is 15.5 Å². The van der Waals surface area contributed by atoms with E-state index in [1.807, 2.05) is 0 Å². The second-order valence-electron chi connectivity index (χ2n) is 3.30. The summed E-state index contributed by atoms with van der Waals surface area (Å²) in [5.74, 6) is 0.575. The molecule has 2 rings (SSSR count). The molecule has 0 atom stereocenters. The minimum Gasteiger partial charge on any atom is -0.481 e. The average Bonchev–Trinajstić information content (AvgIpc) is 2.46. The number of aliphatic carboxylic acids is 1. The fourth-order valence-corrected chi connectivity index (χ4v) is 1.22. The van der Waals surface area contributed by atoms with Crippen LogP contribution in [0.15, 0.2) is 4.52 Å². The quantitative estimate of drug-likeness (QED) is 0.693. The van der Waals surface area contributed by atoms with E-state index in [1.165, 1.54) is 0 Å². The van der Waals surface area contributed by atoms with Crippen LogP contribution >= 0.6 is 0 Å². The van der Waals surface area contributed by atoms with Gasteiger partial charge in [0.25, 0.3) is 0 Å². The van der Waals surface area contributed by atoms with E-state index in [1.54, 1.807) is 0 Å². The topological polar surface area (TPSA) is 88.2 Å². The highest BCUT2D eigenvalue weighted by Gasteiger charge is 2.24. The Balaban J connectivity index is 1.92. The van der Waals surface area contributed by atoms with Crippen LogP contribution < -0.4 is 5.32 Å². The van der Waals surface area contributed by atoms with Crippen molar-refractivity contribution >= 4 is 5.97 Å². The van der Waals surface area contributed by atoms with E-state index in [0.717, 1.165) is 13.1 Å². The maximum absolute atomic E-state index is 10.3. The largest absolute Gasteiger partial charge is 0.481 e. The standard InChI is InChI=1S/C8H11N3O3/c12-7(13)2-1-6-10-8(11-14-6)5-3-9-4-5/h5,9H,1-4H2,(H,12,13). The number of aromatic nitrogens is 2. The Bertz CT molecular complexity index is 332. The van der Waals surface area contributed by atoms with Crippen LogP contribution in [0.3, 0.4) is 0 Å². The molecular weight excluding hydrogens is 186 g/mol. The third-order valence-electron chi connectivity index (χ3n) is 2.18. The SMILES string of the molecule is O=C(O)CCc1nc(C2CNC2)no1. The number of hydrogen-bond donors (Lipinski definition) is 2. The normalized spacial score (nSPS) is 16.6. The van der Waals surface area contributed by atoms with E-state index in [2.05, 4.69) is 15.5 Å². The highest BCUT2D eigenvalue weighted by Crippen LogP contribution is 2.16. The van der Waals surface area contributed by atoms with Crippen molar-refractivity contribution in [2.24, 2.45) is 0 Å². The Morgan fingerprint density at radius 1 is 1.64 bits per heavy atom. The first-order valence-corrected chi connectivity index (χ1v) is 4.50. The van der Waals surface area contributed by atoms with E-state index in [4.69, 9.17) is 9.63 Å². The van der Waals surface area contributed by atoms with Crippen LogP contribution in [0.5, 0.6) is 0 Å². The van der Waals surface area contributed by atoms with Crippen molar-refractivity contribution in [1.29, 1.82) is 0 Å². The van der Waals surface area contributed by atoms with Crippen LogP contribution in [-0.2, 0) is 11.2 Å². The zero-order chi connectivity index (χ0) is 9.97. The molecule has 1 aromatic heterocycles. The molecule has 0 aromatic carbocycles. The molecule has 0 aliphatic carbocycles. The third-order valence-corrected chi connectivity index (χ3v) is 2.18. The molecule has 1 saturated heterocycles. The molecule has 1 aromatic rings. The Morgan fingerprint density at radius 2 is 2.43 bits per heavy atom. The number of hydrogen-bond acceptors (Lipinski definition) is 5. The fourth-order valence-electron chi connectivity index (χ4n) is 1.22. The number of carboxylic acid groups (broad SMARTS) is 1. The predicted octanol–water partition coefficient (Wildman–Crippen LogP) is -0.226. The van der Waals surface area contributed by atoms with E-state index >= 15 is 0 Å². The lowest BCUT2D eigenvalue weighted by molar-refractivity contribution is -0.137. The highest BCUT2D eigenvalue weighted by atomic mass is 16.5. The molecule has 0 radical (unpaired) electrons. The Labute approximate surface area is 80.3 Å². The van der Waals surface area contributed by atoms with Gasteiger partial charge in [0.2, 0.25) is 5.89 Å². The second-order valence-corrected chi connectivity index (χ2v) is 3.30. The Kier molecular flexibility index (Phi) is 2.45. The summed E-state index contributed by atoms with van der Waals surface area (Å²) in [4.78, 5) is 14.4. The van der Waals surface area contributed by atoms with Gasteiger partial charge in [0.1, 0.15) is 0 Å². The van der Waals surface area contributed by atoms with Crippen molar-refractivity contribution < 1.29 is 14.4 Å². The minimum atomic E-state index is -0.852. The molecule has 0 spiro atoms. The van der Waals surface area contributed by atoms with Gasteiger partial charge in [0, 0.05) is 25.4 Å². The zero-order valence-electron chi connectivity index (χ0n) is 7.56. The monoisotopic (exact) mass is 197 g/mol. The van der Waals surface area contributed by atoms with Crippen molar-refractivity contribution in [3.8, 4) is 0 Å². The molecule has 2 heterocycles. The summed E-state index contributed by atoms with van der Waals surface area (Å²) in [6.45, 7) is 1.75. The maximum Gasteiger partial charge on any atom is 0.303 e. The van der Waals surface area contributed by atoms with Gasteiger partial charge in [-0.1, -0.05) is 5.16 Å². The van der Waals surface area contributed by atoms with Crippen LogP contribution in [-0.4, -0.2) is 34.3 Å². The van der Waals surface area contributed by atoms with Gasteiger partial charge in [-0.3, -0.25) is 4.79 Å². The predicted molar refractivity (Wildman–Crippen MR) is 45.9 cm³/mol. The molecule has 6 nitrogen and oxygen atoms in total. The summed E-state index contributed by atoms with van der Waals surface area (Å²) in [7, 11) is 0. The fraction of sp³-hybridized carbons (Fsp3) is 0.625. The number of nitrogens with one attached hydrogen (secondary N) is 1. The van der Waals surface area contributed by atoms with Gasteiger partial charge in [0.05, 0.1) is 6.42 Å². The van der Waals surface area contributed by atoms with Crippen LogP contribution in [0.4, 0.5) is 0 Å². The van der Waals surface area contributed by atoms with Crippen LogP contribution in [0.1, 0.15) is 24.1 Å². The molecule has 0 saturated carbocycles. The van der Waals surface area contributed by atoms with E-state index in [9.17, 15) is 4.79 Å². The Morgan fingerprint density at radius 3 is 3.00 bits per heavy atom. The molecule has 1 aliphatic rings. The van der Waals surface area contributed by atoms with Gasteiger partial charge in [-0.15, -0.1) is 0 Å². The zero-order valence-corrected chi connectivity index (χ0v) is 7.56. The smallest absolute Gasteiger partial charge is 0.303 e. The maximum atomic E-state index is 10.3. The molecule has 0 amide bonds. The summed E-state index contributed by atoms with van der Waals surface area (Å²) in [5.41, 5.74) is 0. The average molecular weight is 197 g/mol. The van der Waals surface area contributed by atoms with E-state index in [-0.39, 0.29) is 6.42 Å². The van der Waals surface area contributed by atoms with Crippen LogP contribution in [0.2, 0.25) is 0 Å². The lowest BCUT2D eigenvalue weighted by atomic mass is 10.0. The van der Waals surface area contributed by atoms with E-state index in [0.29, 0.717) is 24.1 Å². The summed E-state index contributed by atoms with van der Waals surface area (Å²) < 4.78 is 4.92. The molecule has 2 N–H and O–H groups in total. The van der Waals surface area contributed by atoms with Gasteiger partial charge in [0.15, 0.2) is 5.82 Å². The first-order chi connectivity index (χ1) is 6.75. The molecule has 14 heavy (non-hydrogen) atoms. The number of nitrogens with zero attached hydrogens (tertiary/aromatic N) is 2. The lowest BCUT2D eigenvalue weighted by Gasteiger charge is -2.23. The Hall–Kier alpha value is -1.43. The van der Waals surface area contributed by atoms with Gasteiger partial charge in [-0.25, -0.2) is 0 Å². The summed E-state index contributed by atoms with van der Waals surface area (Å²) in [6, 6.07) is 0. The van der Waals surface area contributed by atoms with Crippen molar-refractivity contribution in [2.45, 2.75) is 18.8 Å². The molecular formula is C8H11N3O3. The molecule has 76 valence electrons. The summed E-state index contributed by atoms with van der Waals surface area (Å²) in [5, 5.41) is 15.3. The second kappa shape index (κ2) is 3.75.